The van der Waals surface area contributed by atoms with Crippen molar-refractivity contribution in [2.75, 3.05) is 13.9 Å². The number of methoxy groups -OCH3 is 1. The molecule has 0 saturated heterocycles. The molecule has 1 aliphatic rings. The SMILES string of the molecule is COC(=O)c1ccc2c(=O)n(CCC(=O)NCc3ccc4c(c3)OCO4)c(=S)[nH]c2c1. The minimum Gasteiger partial charge on any atom is -0.465 e. The van der Waals surface area contributed by atoms with Gasteiger partial charge in [0.15, 0.2) is 16.3 Å². The van der Waals surface area contributed by atoms with Crippen molar-refractivity contribution in [3.05, 3.63) is 62.6 Å². The van der Waals surface area contributed by atoms with Crippen LogP contribution in [0, 0.1) is 4.77 Å². The van der Waals surface area contributed by atoms with Crippen LogP contribution in [0.2, 0.25) is 0 Å². The van der Waals surface area contributed by atoms with E-state index >= 15 is 0 Å². The highest BCUT2D eigenvalue weighted by molar-refractivity contribution is 7.71. The van der Waals surface area contributed by atoms with Crippen LogP contribution in [-0.4, -0.2) is 35.3 Å². The van der Waals surface area contributed by atoms with E-state index in [4.69, 9.17) is 26.4 Å². The lowest BCUT2D eigenvalue weighted by atomic mass is 10.1. The van der Waals surface area contributed by atoms with E-state index in [-0.39, 0.29) is 36.0 Å². The van der Waals surface area contributed by atoms with Gasteiger partial charge in [-0.25, -0.2) is 4.79 Å². The predicted octanol–water partition coefficient (Wildman–Crippen LogP) is 2.28. The Morgan fingerprint density at radius 1 is 1.19 bits per heavy atom. The Labute approximate surface area is 181 Å². The van der Waals surface area contributed by atoms with E-state index in [1.165, 1.54) is 29.9 Å². The average molecular weight is 441 g/mol. The summed E-state index contributed by atoms with van der Waals surface area (Å²) in [4.78, 5) is 39.7. The number of aromatic amines is 1. The number of amides is 1. The number of carbonyl (C=O) groups is 2. The zero-order valence-corrected chi connectivity index (χ0v) is 17.4. The number of benzene rings is 2. The molecule has 2 heterocycles. The van der Waals surface area contributed by atoms with Crippen LogP contribution in [-0.2, 0) is 22.6 Å². The van der Waals surface area contributed by atoms with Crippen LogP contribution >= 0.6 is 12.2 Å². The number of hydrogen-bond donors (Lipinski definition) is 2. The molecule has 1 aromatic heterocycles. The average Bonchev–Trinajstić information content (AvgIpc) is 3.24. The van der Waals surface area contributed by atoms with Gasteiger partial charge in [0.2, 0.25) is 12.7 Å². The molecule has 160 valence electrons. The molecule has 0 aliphatic carbocycles. The highest BCUT2D eigenvalue weighted by Gasteiger charge is 2.14. The van der Waals surface area contributed by atoms with Crippen molar-refractivity contribution < 1.29 is 23.8 Å². The Morgan fingerprint density at radius 3 is 2.81 bits per heavy atom. The molecule has 3 aromatic rings. The normalized spacial score (nSPS) is 12.0. The monoisotopic (exact) mass is 441 g/mol. The zero-order valence-electron chi connectivity index (χ0n) is 16.6. The Hall–Kier alpha value is -3.66. The molecular formula is C21H19N3O6S. The molecular weight excluding hydrogens is 422 g/mol. The number of hydrogen-bond acceptors (Lipinski definition) is 7. The van der Waals surface area contributed by atoms with Gasteiger partial charge in [0, 0.05) is 19.5 Å². The number of nitrogens with zero attached hydrogens (tertiary/aromatic N) is 1. The number of carbonyl (C=O) groups excluding carboxylic acids is 2. The van der Waals surface area contributed by atoms with Crippen molar-refractivity contribution >= 4 is 35.0 Å². The van der Waals surface area contributed by atoms with Crippen LogP contribution in [0.15, 0.2) is 41.2 Å². The fourth-order valence-electron chi connectivity index (χ4n) is 3.26. The molecule has 0 bridgehead atoms. The van der Waals surface area contributed by atoms with Crippen molar-refractivity contribution in [3.8, 4) is 11.5 Å². The molecule has 0 radical (unpaired) electrons. The number of H-pyrrole nitrogens is 1. The van der Waals surface area contributed by atoms with E-state index in [1.807, 2.05) is 12.1 Å². The highest BCUT2D eigenvalue weighted by atomic mass is 32.1. The fraction of sp³-hybridized carbons (Fsp3) is 0.238. The van der Waals surface area contributed by atoms with Gasteiger partial charge in [-0.05, 0) is 48.1 Å². The number of rotatable bonds is 6. The zero-order chi connectivity index (χ0) is 22.0. The van der Waals surface area contributed by atoms with Gasteiger partial charge in [-0.15, -0.1) is 0 Å². The summed E-state index contributed by atoms with van der Waals surface area (Å²) >= 11 is 5.28. The summed E-state index contributed by atoms with van der Waals surface area (Å²) in [6, 6.07) is 10.0. The molecule has 0 saturated carbocycles. The summed E-state index contributed by atoms with van der Waals surface area (Å²) in [7, 11) is 1.28. The molecule has 2 N–H and O–H groups in total. The first-order chi connectivity index (χ1) is 15.0. The van der Waals surface area contributed by atoms with E-state index in [2.05, 4.69) is 10.3 Å². The second-order valence-electron chi connectivity index (χ2n) is 6.85. The third kappa shape index (κ3) is 4.29. The van der Waals surface area contributed by atoms with Gasteiger partial charge >= 0.3 is 5.97 Å². The number of ether oxygens (including phenoxy) is 3. The second-order valence-corrected chi connectivity index (χ2v) is 7.24. The van der Waals surface area contributed by atoms with Crippen LogP contribution in [0.3, 0.4) is 0 Å². The van der Waals surface area contributed by atoms with Crippen molar-refractivity contribution in [1.29, 1.82) is 0 Å². The third-order valence-corrected chi connectivity index (χ3v) is 5.21. The van der Waals surface area contributed by atoms with E-state index in [9.17, 15) is 14.4 Å². The maximum Gasteiger partial charge on any atom is 0.337 e. The van der Waals surface area contributed by atoms with Gasteiger partial charge < -0.3 is 24.5 Å². The van der Waals surface area contributed by atoms with Crippen molar-refractivity contribution in [2.24, 2.45) is 0 Å². The Morgan fingerprint density at radius 2 is 2.00 bits per heavy atom. The molecule has 4 rings (SSSR count). The van der Waals surface area contributed by atoms with Crippen LogP contribution in [0.25, 0.3) is 10.9 Å². The van der Waals surface area contributed by atoms with Crippen LogP contribution in [0.4, 0.5) is 0 Å². The summed E-state index contributed by atoms with van der Waals surface area (Å²) < 4.78 is 16.8. The first-order valence-electron chi connectivity index (χ1n) is 9.46. The van der Waals surface area contributed by atoms with E-state index < -0.39 is 5.97 Å². The molecule has 9 nitrogen and oxygen atoms in total. The molecule has 0 fully saturated rings. The predicted molar refractivity (Wildman–Crippen MR) is 114 cm³/mol. The van der Waals surface area contributed by atoms with Gasteiger partial charge in [0.1, 0.15) is 0 Å². The molecule has 0 spiro atoms. The first kappa shape index (κ1) is 20.6. The Kier molecular flexibility index (Phi) is 5.72. The maximum atomic E-state index is 12.8. The minimum atomic E-state index is -0.510. The fourth-order valence-corrected chi connectivity index (χ4v) is 3.54. The van der Waals surface area contributed by atoms with E-state index in [1.54, 1.807) is 6.07 Å². The lowest BCUT2D eigenvalue weighted by Crippen LogP contribution is -2.28. The molecule has 1 aliphatic heterocycles. The number of nitrogens with one attached hydrogen (secondary N) is 2. The van der Waals surface area contributed by atoms with Gasteiger partial charge in [-0.3, -0.25) is 14.2 Å². The summed E-state index contributed by atoms with van der Waals surface area (Å²) in [6.07, 6.45) is 0.0771. The van der Waals surface area contributed by atoms with E-state index in [0.29, 0.717) is 34.5 Å². The number of fused-ring (bicyclic) bond motifs is 2. The number of aromatic nitrogens is 2. The molecule has 0 atom stereocenters. The van der Waals surface area contributed by atoms with Gasteiger partial charge in [0.05, 0.1) is 23.6 Å². The van der Waals surface area contributed by atoms with Crippen molar-refractivity contribution in [1.82, 2.24) is 14.9 Å². The highest BCUT2D eigenvalue weighted by Crippen LogP contribution is 2.32. The summed E-state index contributed by atoms with van der Waals surface area (Å²) in [5.41, 5.74) is 1.28. The number of esters is 1. The minimum absolute atomic E-state index is 0.0771. The van der Waals surface area contributed by atoms with Crippen LogP contribution in [0.5, 0.6) is 11.5 Å². The Bertz CT molecular complexity index is 1300. The third-order valence-electron chi connectivity index (χ3n) is 4.89. The largest absolute Gasteiger partial charge is 0.465 e. The lowest BCUT2D eigenvalue weighted by molar-refractivity contribution is -0.121. The maximum absolute atomic E-state index is 12.8. The van der Waals surface area contributed by atoms with Gasteiger partial charge in [0.25, 0.3) is 5.56 Å². The molecule has 2 aromatic carbocycles. The summed E-state index contributed by atoms with van der Waals surface area (Å²) in [5.74, 6) is 0.597. The van der Waals surface area contributed by atoms with Gasteiger partial charge in [-0.2, -0.15) is 0 Å². The smallest absolute Gasteiger partial charge is 0.337 e. The summed E-state index contributed by atoms with van der Waals surface area (Å²) in [5, 5.41) is 3.18. The second kappa shape index (κ2) is 8.60. The molecule has 1 amide bonds. The standard InChI is InChI=1S/C21H19N3O6S/c1-28-20(27)13-3-4-14-15(9-13)23-21(31)24(19(14)26)7-6-18(25)22-10-12-2-5-16-17(8-12)30-11-29-16/h2-5,8-9H,6-7,10-11H2,1H3,(H,22,25)(H,23,31). The molecule has 0 unspecified atom stereocenters. The Balaban J connectivity index is 1.43. The van der Waals surface area contributed by atoms with Crippen molar-refractivity contribution in [2.45, 2.75) is 19.5 Å². The summed E-state index contributed by atoms with van der Waals surface area (Å²) in [6.45, 7) is 0.636. The first-order valence-corrected chi connectivity index (χ1v) is 9.87. The topological polar surface area (TPSA) is 112 Å². The van der Waals surface area contributed by atoms with Crippen molar-refractivity contribution in [3.63, 3.8) is 0 Å². The lowest BCUT2D eigenvalue weighted by Gasteiger charge is -2.10. The quantitative estimate of drug-likeness (QED) is 0.446. The van der Waals surface area contributed by atoms with E-state index in [0.717, 1.165) is 5.56 Å². The molecule has 31 heavy (non-hydrogen) atoms. The van der Waals surface area contributed by atoms with Crippen LogP contribution in [0.1, 0.15) is 22.3 Å². The van der Waals surface area contributed by atoms with Crippen LogP contribution < -0.4 is 20.3 Å². The molecule has 10 heteroatoms. The van der Waals surface area contributed by atoms with Gasteiger partial charge in [-0.1, -0.05) is 6.07 Å².